The number of Topliss-reactive ketones (excluding diaryl/α,β-unsaturated/α-hetero) is 4. The number of phenols is 1. The van der Waals surface area contributed by atoms with Crippen LogP contribution in [-0.2, 0) is 25.6 Å². The molecule has 4 aliphatic carbocycles. The normalized spacial score (nSPS) is 30.7. The Labute approximate surface area is 245 Å². The molecule has 1 amide bonds. The zero-order valence-electron chi connectivity index (χ0n) is 24.6. The van der Waals surface area contributed by atoms with Gasteiger partial charge >= 0.3 is 0 Å². The molecule has 222 valence electrons. The van der Waals surface area contributed by atoms with Crippen molar-refractivity contribution in [3.8, 4) is 5.75 Å². The van der Waals surface area contributed by atoms with Crippen molar-refractivity contribution in [2.45, 2.75) is 52.1 Å². The topological polar surface area (TPSA) is 155 Å². The minimum Gasteiger partial charge on any atom is -0.507 e. The number of carbonyl (C=O) groups excluding carboxylic acids is 5. The third-order valence-electron chi connectivity index (χ3n) is 9.58. The molecule has 4 N–H and O–H groups in total. The number of primary amides is 1. The number of amides is 1. The maximum absolute atomic E-state index is 14.2. The van der Waals surface area contributed by atoms with Crippen LogP contribution < -0.4 is 10.6 Å². The summed E-state index contributed by atoms with van der Waals surface area (Å²) in [5.74, 6) is -11.5. The second-order valence-corrected chi connectivity index (χ2v) is 12.6. The Kier molecular flexibility index (Phi) is 7.38. The Bertz CT molecular complexity index is 1510. The molecule has 2 unspecified atom stereocenters. The quantitative estimate of drug-likeness (QED) is 0.438. The van der Waals surface area contributed by atoms with Crippen LogP contribution in [0.1, 0.15) is 61.5 Å². The lowest BCUT2D eigenvalue weighted by molar-refractivity contribution is -0.182. The molecule has 0 aliphatic heterocycles. The fraction of sp³-hybridized carbons (Fsp3) is 0.485. The summed E-state index contributed by atoms with van der Waals surface area (Å²) in [6.45, 7) is 5.50. The lowest BCUT2D eigenvalue weighted by Crippen LogP contribution is -2.71. The largest absolute Gasteiger partial charge is 0.507 e. The second kappa shape index (κ2) is 10.5. The molecule has 0 radical (unpaired) electrons. The Balaban J connectivity index is 1.62. The number of fused-ring (bicyclic) bond motifs is 3. The van der Waals surface area contributed by atoms with Crippen molar-refractivity contribution in [2.24, 2.45) is 41.2 Å². The summed E-state index contributed by atoms with van der Waals surface area (Å²) in [4.78, 5) is 69.2. The Morgan fingerprint density at radius 3 is 2.45 bits per heavy atom. The van der Waals surface area contributed by atoms with Crippen molar-refractivity contribution < 1.29 is 34.2 Å². The van der Waals surface area contributed by atoms with Crippen molar-refractivity contribution >= 4 is 40.3 Å². The number of allylic oxidation sites excluding steroid dienone is 6. The van der Waals surface area contributed by atoms with E-state index in [1.807, 2.05) is 56.3 Å². The number of anilines is 1. The molecule has 0 bridgehead atoms. The number of nitrogens with two attached hydrogens (primary N) is 1. The highest BCUT2D eigenvalue weighted by molar-refractivity contribution is 6.32. The monoisotopic (exact) mass is 574 g/mol. The predicted octanol–water partition coefficient (Wildman–Crippen LogP) is 2.95. The van der Waals surface area contributed by atoms with Gasteiger partial charge in [-0.3, -0.25) is 24.0 Å². The molecule has 2 saturated carbocycles. The summed E-state index contributed by atoms with van der Waals surface area (Å²) in [6.07, 6.45) is 9.67. The zero-order valence-corrected chi connectivity index (χ0v) is 24.6. The lowest BCUT2D eigenvalue weighted by atomic mass is 9.49. The standard InChI is InChI=1S/C33H38N2O7/c1-6-7-8-16-9-10-17(11-16)19-14-22(35(4)5)20-12-18-13-21-23(15(2)3)28(37)26(32(34)41)31(40)33(21,42)30(39)24(18)29(38)25(20)27(19)36/h7-10,14-15,18,21,23-24,26,36,42H,6,11-13H2,1-5H3,(H2,34,41)/b8-7+/t18-,21-,23-,24?,26?,33-/m0/s1. The van der Waals surface area contributed by atoms with Crippen LogP contribution in [0.15, 0.2) is 35.9 Å². The van der Waals surface area contributed by atoms with Crippen LogP contribution in [0, 0.1) is 35.5 Å². The SMILES string of the molecule is CC/C=C/C1=CC=C(c2cc(N(C)C)c3c(c2O)C(=O)C2C(=O)[C@]4(O)C(=O)C(C(N)=O)C(=O)[C@@H](C(C)C)[C@@H]4C[C@@H]2C3)C1. The molecule has 2 fully saturated rings. The summed E-state index contributed by atoms with van der Waals surface area (Å²) in [7, 11) is 3.68. The van der Waals surface area contributed by atoms with E-state index in [1.54, 1.807) is 13.8 Å². The number of hydrogen-bond donors (Lipinski definition) is 3. The Morgan fingerprint density at radius 1 is 1.17 bits per heavy atom. The average Bonchev–Trinajstić information content (AvgIpc) is 3.37. The number of nitrogens with zero attached hydrogens (tertiary/aromatic N) is 1. The number of carbonyl (C=O) groups is 5. The van der Waals surface area contributed by atoms with Gasteiger partial charge in [-0.1, -0.05) is 45.1 Å². The predicted molar refractivity (Wildman–Crippen MR) is 157 cm³/mol. The van der Waals surface area contributed by atoms with E-state index in [0.29, 0.717) is 17.5 Å². The summed E-state index contributed by atoms with van der Waals surface area (Å²) in [5.41, 5.74) is 6.40. The van der Waals surface area contributed by atoms with Crippen molar-refractivity contribution in [2.75, 3.05) is 19.0 Å². The fourth-order valence-corrected chi connectivity index (χ4v) is 7.66. The van der Waals surface area contributed by atoms with Gasteiger partial charge in [0.2, 0.25) is 5.91 Å². The molecular formula is C33H38N2O7. The first-order chi connectivity index (χ1) is 19.7. The third-order valence-corrected chi connectivity index (χ3v) is 9.58. The van der Waals surface area contributed by atoms with Crippen molar-refractivity contribution in [1.29, 1.82) is 0 Å². The Morgan fingerprint density at radius 2 is 1.86 bits per heavy atom. The van der Waals surface area contributed by atoms with E-state index < -0.39 is 70.1 Å². The summed E-state index contributed by atoms with van der Waals surface area (Å²) < 4.78 is 0. The molecule has 9 nitrogen and oxygen atoms in total. The lowest BCUT2D eigenvalue weighted by Gasteiger charge is -2.52. The van der Waals surface area contributed by atoms with E-state index in [0.717, 1.165) is 23.3 Å². The number of benzene rings is 1. The molecule has 1 aromatic carbocycles. The first-order valence-electron chi connectivity index (χ1n) is 14.6. The van der Waals surface area contributed by atoms with Gasteiger partial charge in [-0.05, 0) is 60.3 Å². The van der Waals surface area contributed by atoms with E-state index in [2.05, 4.69) is 0 Å². The maximum atomic E-state index is 14.2. The Hall–Kier alpha value is -3.85. The van der Waals surface area contributed by atoms with Gasteiger partial charge in [-0.15, -0.1) is 0 Å². The van der Waals surface area contributed by atoms with Gasteiger partial charge in [-0.25, -0.2) is 0 Å². The van der Waals surface area contributed by atoms with Crippen LogP contribution in [0.3, 0.4) is 0 Å². The van der Waals surface area contributed by atoms with E-state index in [-0.39, 0.29) is 24.2 Å². The van der Waals surface area contributed by atoms with Crippen LogP contribution >= 0.6 is 0 Å². The van der Waals surface area contributed by atoms with Crippen molar-refractivity contribution in [3.63, 3.8) is 0 Å². The number of hydrogen-bond acceptors (Lipinski definition) is 8. The van der Waals surface area contributed by atoms with Crippen LogP contribution in [-0.4, -0.2) is 58.9 Å². The summed E-state index contributed by atoms with van der Waals surface area (Å²) >= 11 is 0. The summed E-state index contributed by atoms with van der Waals surface area (Å²) in [5, 5.41) is 23.4. The van der Waals surface area contributed by atoms with Gasteiger partial charge in [0, 0.05) is 37.2 Å². The van der Waals surface area contributed by atoms with Crippen LogP contribution in [0.4, 0.5) is 5.69 Å². The van der Waals surface area contributed by atoms with Gasteiger partial charge in [0.1, 0.15) is 5.75 Å². The highest BCUT2D eigenvalue weighted by Crippen LogP contribution is 2.54. The number of rotatable bonds is 6. The number of ketones is 4. The first-order valence-corrected chi connectivity index (χ1v) is 14.6. The van der Waals surface area contributed by atoms with E-state index in [1.165, 1.54) is 0 Å². The van der Waals surface area contributed by atoms with Gasteiger partial charge in [-0.2, -0.15) is 0 Å². The molecule has 1 aromatic rings. The smallest absolute Gasteiger partial charge is 0.235 e. The highest BCUT2D eigenvalue weighted by Gasteiger charge is 2.69. The van der Waals surface area contributed by atoms with Gasteiger partial charge < -0.3 is 20.8 Å². The number of aromatic hydroxyl groups is 1. The van der Waals surface area contributed by atoms with Crippen molar-refractivity contribution in [1.82, 2.24) is 0 Å². The first kappa shape index (κ1) is 29.6. The third kappa shape index (κ3) is 4.20. The molecule has 0 heterocycles. The second-order valence-electron chi connectivity index (χ2n) is 12.6. The van der Waals surface area contributed by atoms with E-state index in [4.69, 9.17) is 5.73 Å². The molecule has 6 atom stereocenters. The zero-order chi connectivity index (χ0) is 30.8. The van der Waals surface area contributed by atoms with Gasteiger partial charge in [0.25, 0.3) is 0 Å². The molecule has 9 heteroatoms. The highest BCUT2D eigenvalue weighted by atomic mass is 16.3. The molecule has 4 aliphatic rings. The minimum atomic E-state index is -2.70. The van der Waals surface area contributed by atoms with Gasteiger partial charge in [0.15, 0.2) is 34.7 Å². The molecule has 0 spiro atoms. The fourth-order valence-electron chi connectivity index (χ4n) is 7.66. The summed E-state index contributed by atoms with van der Waals surface area (Å²) in [6, 6.07) is 1.86. The number of aliphatic hydroxyl groups is 1. The van der Waals surface area contributed by atoms with Crippen molar-refractivity contribution in [3.05, 3.63) is 52.6 Å². The minimum absolute atomic E-state index is 0.0116. The molecule has 0 aromatic heterocycles. The maximum Gasteiger partial charge on any atom is 0.235 e. The van der Waals surface area contributed by atoms with Crippen LogP contribution in [0.2, 0.25) is 0 Å². The average molecular weight is 575 g/mol. The number of phenolic OH excluding ortho intramolecular Hbond substituents is 1. The van der Waals surface area contributed by atoms with E-state index in [9.17, 15) is 34.2 Å². The van der Waals surface area contributed by atoms with Crippen LogP contribution in [0.25, 0.3) is 5.57 Å². The van der Waals surface area contributed by atoms with Crippen LogP contribution in [0.5, 0.6) is 5.75 Å². The molecular weight excluding hydrogens is 536 g/mol. The van der Waals surface area contributed by atoms with E-state index >= 15 is 0 Å². The molecule has 5 rings (SSSR count). The molecule has 42 heavy (non-hydrogen) atoms. The van der Waals surface area contributed by atoms with Gasteiger partial charge in [0.05, 0.1) is 11.5 Å². The molecule has 0 saturated heterocycles.